The molecule has 2 heteroatoms. The van der Waals surface area contributed by atoms with Gasteiger partial charge in [0.2, 0.25) is 0 Å². The highest BCUT2D eigenvalue weighted by Crippen LogP contribution is 2.27. The Morgan fingerprint density at radius 1 is 0.833 bits per heavy atom. The molecule has 0 amide bonds. The fraction of sp³-hybridized carbons (Fsp3) is 0.0625. The highest BCUT2D eigenvalue weighted by atomic mass is 16.4. The van der Waals surface area contributed by atoms with E-state index in [0.717, 1.165) is 10.9 Å². The van der Waals surface area contributed by atoms with E-state index in [1.165, 1.54) is 16.2 Å². The molecule has 3 rings (SSSR count). The van der Waals surface area contributed by atoms with Crippen molar-refractivity contribution in [3.05, 3.63) is 60.2 Å². The van der Waals surface area contributed by atoms with Crippen LogP contribution in [-0.2, 0) is 0 Å². The monoisotopic (exact) mass is 235 g/mol. The van der Waals surface area contributed by atoms with Gasteiger partial charge in [-0.15, -0.1) is 0 Å². The van der Waals surface area contributed by atoms with Crippen molar-refractivity contribution < 1.29 is 5.21 Å². The lowest BCUT2D eigenvalue weighted by atomic mass is 9.97. The predicted molar refractivity (Wildman–Crippen MR) is 75.5 cm³/mol. The lowest BCUT2D eigenvalue weighted by Gasteiger charge is -2.08. The molecule has 0 unspecified atom stereocenters. The lowest BCUT2D eigenvalue weighted by Crippen LogP contribution is -1.95. The van der Waals surface area contributed by atoms with Crippen molar-refractivity contribution in [1.82, 2.24) is 0 Å². The van der Waals surface area contributed by atoms with Crippen LogP contribution in [0.5, 0.6) is 0 Å². The quantitative estimate of drug-likeness (QED) is 0.291. The Labute approximate surface area is 105 Å². The first-order valence-corrected chi connectivity index (χ1v) is 5.91. The molecule has 0 atom stereocenters. The van der Waals surface area contributed by atoms with E-state index in [0.29, 0.717) is 5.71 Å². The standard InChI is InChI=1S/C16H13NO/c1-11(17-18)13-7-4-8-15-14-6-3-2-5-12(14)9-10-16(13)15/h2-10,18H,1H3/b17-11-. The normalized spacial score (nSPS) is 12.2. The first-order valence-electron chi connectivity index (χ1n) is 5.91. The average molecular weight is 235 g/mol. The van der Waals surface area contributed by atoms with Gasteiger partial charge < -0.3 is 5.21 Å². The number of fused-ring (bicyclic) bond motifs is 3. The van der Waals surface area contributed by atoms with Crippen LogP contribution >= 0.6 is 0 Å². The summed E-state index contributed by atoms with van der Waals surface area (Å²) in [6.07, 6.45) is 0. The minimum atomic E-state index is 0.635. The molecule has 0 saturated carbocycles. The van der Waals surface area contributed by atoms with Crippen LogP contribution < -0.4 is 0 Å². The molecular formula is C16H13NO. The molecule has 0 bridgehead atoms. The van der Waals surface area contributed by atoms with Crippen LogP contribution in [0.3, 0.4) is 0 Å². The van der Waals surface area contributed by atoms with Gasteiger partial charge in [-0.1, -0.05) is 59.8 Å². The fourth-order valence-corrected chi connectivity index (χ4v) is 2.41. The van der Waals surface area contributed by atoms with Crippen LogP contribution in [0.2, 0.25) is 0 Å². The molecule has 0 aliphatic rings. The van der Waals surface area contributed by atoms with Gasteiger partial charge in [0.05, 0.1) is 5.71 Å². The van der Waals surface area contributed by atoms with Crippen molar-refractivity contribution in [2.75, 3.05) is 0 Å². The van der Waals surface area contributed by atoms with Crippen LogP contribution in [0, 0.1) is 0 Å². The molecule has 0 aliphatic carbocycles. The van der Waals surface area contributed by atoms with Gasteiger partial charge in [-0.2, -0.15) is 0 Å². The van der Waals surface area contributed by atoms with Crippen molar-refractivity contribution in [1.29, 1.82) is 0 Å². The summed E-state index contributed by atoms with van der Waals surface area (Å²) in [5.41, 5.74) is 1.61. The molecule has 3 aromatic rings. The highest BCUT2D eigenvalue weighted by Gasteiger charge is 2.06. The smallest absolute Gasteiger partial charge is 0.0843 e. The molecule has 0 aliphatic heterocycles. The summed E-state index contributed by atoms with van der Waals surface area (Å²) in [6, 6.07) is 18.6. The van der Waals surface area contributed by atoms with Gasteiger partial charge in [0.15, 0.2) is 0 Å². The number of nitrogens with zero attached hydrogens (tertiary/aromatic N) is 1. The fourth-order valence-electron chi connectivity index (χ4n) is 2.41. The molecule has 0 fully saturated rings. The maximum absolute atomic E-state index is 8.95. The Kier molecular flexibility index (Phi) is 2.49. The average Bonchev–Trinajstić information content (AvgIpc) is 2.45. The van der Waals surface area contributed by atoms with E-state index in [4.69, 9.17) is 5.21 Å². The molecule has 0 spiro atoms. The van der Waals surface area contributed by atoms with E-state index < -0.39 is 0 Å². The van der Waals surface area contributed by atoms with E-state index in [1.54, 1.807) is 0 Å². The zero-order valence-electron chi connectivity index (χ0n) is 10.1. The Hall–Kier alpha value is -2.35. The summed E-state index contributed by atoms with van der Waals surface area (Å²) in [7, 11) is 0. The van der Waals surface area contributed by atoms with Gasteiger partial charge >= 0.3 is 0 Å². The number of oxime groups is 1. The van der Waals surface area contributed by atoms with E-state index in [2.05, 4.69) is 35.5 Å². The highest BCUT2D eigenvalue weighted by molar-refractivity contribution is 6.16. The zero-order chi connectivity index (χ0) is 12.5. The van der Waals surface area contributed by atoms with Crippen molar-refractivity contribution in [2.24, 2.45) is 5.16 Å². The molecule has 0 aromatic heterocycles. The second-order valence-electron chi connectivity index (χ2n) is 4.37. The number of rotatable bonds is 1. The van der Waals surface area contributed by atoms with E-state index in [-0.39, 0.29) is 0 Å². The SMILES string of the molecule is C/C(=N/O)c1cccc2c1ccc1ccccc12. The van der Waals surface area contributed by atoms with E-state index in [9.17, 15) is 0 Å². The Bertz CT molecular complexity index is 759. The maximum atomic E-state index is 8.95. The Morgan fingerprint density at radius 2 is 1.61 bits per heavy atom. The molecule has 0 heterocycles. The van der Waals surface area contributed by atoms with E-state index >= 15 is 0 Å². The molecule has 1 N–H and O–H groups in total. The second kappa shape index (κ2) is 4.15. The molecule has 3 aromatic carbocycles. The topological polar surface area (TPSA) is 32.6 Å². The Morgan fingerprint density at radius 3 is 2.44 bits per heavy atom. The minimum absolute atomic E-state index is 0.635. The molecule has 18 heavy (non-hydrogen) atoms. The van der Waals surface area contributed by atoms with Gasteiger partial charge in [-0.25, -0.2) is 0 Å². The summed E-state index contributed by atoms with van der Waals surface area (Å²) in [5, 5.41) is 17.0. The first-order chi connectivity index (χ1) is 8.81. The van der Waals surface area contributed by atoms with Crippen molar-refractivity contribution in [3.63, 3.8) is 0 Å². The third-order valence-electron chi connectivity index (χ3n) is 3.33. The summed E-state index contributed by atoms with van der Waals surface area (Å²) in [6.45, 7) is 1.81. The van der Waals surface area contributed by atoms with Crippen LogP contribution in [0.1, 0.15) is 12.5 Å². The third-order valence-corrected chi connectivity index (χ3v) is 3.33. The molecule has 88 valence electrons. The summed E-state index contributed by atoms with van der Waals surface area (Å²) in [4.78, 5) is 0. The second-order valence-corrected chi connectivity index (χ2v) is 4.37. The third kappa shape index (κ3) is 1.54. The van der Waals surface area contributed by atoms with Crippen LogP contribution in [-0.4, -0.2) is 10.9 Å². The minimum Gasteiger partial charge on any atom is -0.411 e. The van der Waals surface area contributed by atoms with Crippen LogP contribution in [0.25, 0.3) is 21.5 Å². The van der Waals surface area contributed by atoms with E-state index in [1.807, 2.05) is 31.2 Å². The summed E-state index contributed by atoms with van der Waals surface area (Å²) >= 11 is 0. The predicted octanol–water partition coefficient (Wildman–Crippen LogP) is 4.19. The summed E-state index contributed by atoms with van der Waals surface area (Å²) < 4.78 is 0. The van der Waals surface area contributed by atoms with Gasteiger partial charge in [0, 0.05) is 5.56 Å². The van der Waals surface area contributed by atoms with Crippen molar-refractivity contribution in [3.8, 4) is 0 Å². The number of benzene rings is 3. The number of hydrogen-bond donors (Lipinski definition) is 1. The molecular weight excluding hydrogens is 222 g/mol. The van der Waals surface area contributed by atoms with Crippen LogP contribution in [0.15, 0.2) is 59.8 Å². The Balaban J connectivity index is 2.47. The lowest BCUT2D eigenvalue weighted by molar-refractivity contribution is 0.319. The molecule has 0 saturated heterocycles. The number of hydrogen-bond acceptors (Lipinski definition) is 2. The first kappa shape index (κ1) is 10.8. The van der Waals surface area contributed by atoms with Crippen molar-refractivity contribution in [2.45, 2.75) is 6.92 Å². The van der Waals surface area contributed by atoms with Gasteiger partial charge in [-0.05, 0) is 28.5 Å². The van der Waals surface area contributed by atoms with Crippen molar-refractivity contribution >= 4 is 27.3 Å². The van der Waals surface area contributed by atoms with Gasteiger partial charge in [0.25, 0.3) is 0 Å². The maximum Gasteiger partial charge on any atom is 0.0843 e. The molecule has 0 radical (unpaired) electrons. The van der Waals surface area contributed by atoms with Gasteiger partial charge in [0.1, 0.15) is 0 Å². The molecule has 2 nitrogen and oxygen atoms in total. The largest absolute Gasteiger partial charge is 0.411 e. The van der Waals surface area contributed by atoms with Crippen LogP contribution in [0.4, 0.5) is 0 Å². The summed E-state index contributed by atoms with van der Waals surface area (Å²) in [5.74, 6) is 0. The zero-order valence-corrected chi connectivity index (χ0v) is 10.1. The van der Waals surface area contributed by atoms with Gasteiger partial charge in [-0.3, -0.25) is 0 Å².